The number of rotatable bonds is 1. The molecule has 0 unspecified atom stereocenters. The van der Waals surface area contributed by atoms with Crippen LogP contribution in [0.2, 0.25) is 0 Å². The Hall–Kier alpha value is -1.07. The Morgan fingerprint density at radius 3 is 2.89 bits per heavy atom. The van der Waals surface area contributed by atoms with Gasteiger partial charge in [0.05, 0.1) is 5.69 Å². The zero-order chi connectivity index (χ0) is 12.5. The van der Waals surface area contributed by atoms with Crippen molar-refractivity contribution >= 4 is 27.7 Å². The molecule has 1 aromatic carbocycles. The molecule has 0 radical (unpaired) electrons. The van der Waals surface area contributed by atoms with E-state index in [1.807, 2.05) is 23.1 Å². The fourth-order valence-corrected chi connectivity index (χ4v) is 3.24. The van der Waals surface area contributed by atoms with E-state index in [0.717, 1.165) is 41.7 Å². The van der Waals surface area contributed by atoms with E-state index in [-0.39, 0.29) is 12.1 Å². The van der Waals surface area contributed by atoms with Crippen LogP contribution in [0.1, 0.15) is 18.4 Å². The Labute approximate surface area is 114 Å². The van der Waals surface area contributed by atoms with Gasteiger partial charge in [-0.05, 0) is 47.9 Å². The summed E-state index contributed by atoms with van der Waals surface area (Å²) < 4.78 is 6.24. The lowest BCUT2D eigenvalue weighted by Crippen LogP contribution is -2.48. The highest BCUT2D eigenvalue weighted by molar-refractivity contribution is 9.10. The first-order chi connectivity index (χ1) is 8.77. The van der Waals surface area contributed by atoms with Gasteiger partial charge in [-0.3, -0.25) is 4.90 Å². The van der Waals surface area contributed by atoms with E-state index in [1.165, 1.54) is 0 Å². The van der Waals surface area contributed by atoms with E-state index in [4.69, 9.17) is 4.74 Å². The van der Waals surface area contributed by atoms with E-state index in [0.29, 0.717) is 6.61 Å². The summed E-state index contributed by atoms with van der Waals surface area (Å²) in [6.07, 6.45) is 1.72. The molecular weight excluding hydrogens is 296 g/mol. The SMILES string of the molecule is O=C1OCc2cccc(Br)c2N1C1CCNCC1. The van der Waals surface area contributed by atoms with Gasteiger partial charge in [0.25, 0.3) is 0 Å². The van der Waals surface area contributed by atoms with Crippen LogP contribution in [-0.2, 0) is 11.3 Å². The summed E-state index contributed by atoms with van der Waals surface area (Å²) in [5.41, 5.74) is 2.06. The lowest BCUT2D eigenvalue weighted by atomic mass is 10.0. The minimum absolute atomic E-state index is 0.221. The minimum atomic E-state index is -0.221. The third-order valence-electron chi connectivity index (χ3n) is 3.53. The molecule has 4 nitrogen and oxygen atoms in total. The summed E-state index contributed by atoms with van der Waals surface area (Å²) >= 11 is 3.55. The quantitative estimate of drug-likeness (QED) is 0.867. The molecule has 1 aromatic rings. The summed E-state index contributed by atoms with van der Waals surface area (Å²) in [5.74, 6) is 0. The van der Waals surface area contributed by atoms with Crippen LogP contribution >= 0.6 is 15.9 Å². The number of anilines is 1. The van der Waals surface area contributed by atoms with Crippen molar-refractivity contribution in [2.45, 2.75) is 25.5 Å². The van der Waals surface area contributed by atoms with Crippen LogP contribution in [-0.4, -0.2) is 25.2 Å². The molecule has 1 saturated heterocycles. The van der Waals surface area contributed by atoms with E-state index in [2.05, 4.69) is 21.2 Å². The molecule has 0 saturated carbocycles. The number of ether oxygens (including phenoxy) is 1. The summed E-state index contributed by atoms with van der Waals surface area (Å²) in [6, 6.07) is 6.20. The Kier molecular flexibility index (Phi) is 3.26. The number of hydrogen-bond donors (Lipinski definition) is 1. The molecule has 0 aromatic heterocycles. The average molecular weight is 311 g/mol. The van der Waals surface area contributed by atoms with Crippen molar-refractivity contribution in [1.29, 1.82) is 0 Å². The highest BCUT2D eigenvalue weighted by Gasteiger charge is 2.33. The lowest BCUT2D eigenvalue weighted by molar-refractivity contribution is 0.137. The first-order valence-corrected chi connectivity index (χ1v) is 7.01. The Balaban J connectivity index is 2.00. The van der Waals surface area contributed by atoms with Gasteiger partial charge in [0.15, 0.2) is 0 Å². The van der Waals surface area contributed by atoms with Crippen LogP contribution in [0.5, 0.6) is 0 Å². The van der Waals surface area contributed by atoms with Crippen molar-refractivity contribution in [3.8, 4) is 0 Å². The molecule has 5 heteroatoms. The maximum atomic E-state index is 12.1. The van der Waals surface area contributed by atoms with E-state index >= 15 is 0 Å². The van der Waals surface area contributed by atoms with Gasteiger partial charge in [-0.25, -0.2) is 4.79 Å². The number of hydrogen-bond acceptors (Lipinski definition) is 3. The van der Waals surface area contributed by atoms with E-state index < -0.39 is 0 Å². The topological polar surface area (TPSA) is 41.6 Å². The first-order valence-electron chi connectivity index (χ1n) is 6.21. The number of cyclic esters (lactones) is 1. The number of carbonyl (C=O) groups is 1. The predicted molar refractivity (Wildman–Crippen MR) is 72.7 cm³/mol. The predicted octanol–water partition coefficient (Wildman–Crippen LogP) is 2.66. The largest absolute Gasteiger partial charge is 0.444 e. The number of para-hydroxylation sites is 1. The molecule has 2 aliphatic heterocycles. The first kappa shape index (κ1) is 12.0. The summed E-state index contributed by atoms with van der Waals surface area (Å²) in [4.78, 5) is 13.9. The summed E-state index contributed by atoms with van der Waals surface area (Å²) in [5, 5.41) is 3.32. The van der Waals surface area contributed by atoms with E-state index in [1.54, 1.807) is 0 Å². The highest BCUT2D eigenvalue weighted by atomic mass is 79.9. The number of fused-ring (bicyclic) bond motifs is 1. The Bertz CT molecular complexity index is 472. The van der Waals surface area contributed by atoms with Gasteiger partial charge in [-0.1, -0.05) is 12.1 Å². The maximum absolute atomic E-state index is 12.1. The van der Waals surface area contributed by atoms with Crippen molar-refractivity contribution < 1.29 is 9.53 Å². The monoisotopic (exact) mass is 310 g/mol. The normalized spacial score (nSPS) is 20.5. The molecule has 1 fully saturated rings. The molecule has 1 amide bonds. The van der Waals surface area contributed by atoms with Gasteiger partial charge in [0.2, 0.25) is 0 Å². The molecule has 2 aliphatic rings. The average Bonchev–Trinajstić information content (AvgIpc) is 2.40. The van der Waals surface area contributed by atoms with Crippen molar-refractivity contribution in [2.24, 2.45) is 0 Å². The van der Waals surface area contributed by atoms with Gasteiger partial charge in [0.1, 0.15) is 6.61 Å². The number of carbonyl (C=O) groups excluding carboxylic acids is 1. The molecule has 2 heterocycles. The number of nitrogens with zero attached hydrogens (tertiary/aromatic N) is 1. The van der Waals surface area contributed by atoms with Gasteiger partial charge >= 0.3 is 6.09 Å². The number of nitrogens with one attached hydrogen (secondary N) is 1. The number of halogens is 1. The van der Waals surface area contributed by atoms with Crippen LogP contribution in [0.15, 0.2) is 22.7 Å². The molecule has 0 aliphatic carbocycles. The number of benzene rings is 1. The molecule has 0 spiro atoms. The second kappa shape index (κ2) is 4.90. The Morgan fingerprint density at radius 2 is 2.11 bits per heavy atom. The molecule has 0 bridgehead atoms. The second-order valence-corrected chi connectivity index (χ2v) is 5.51. The minimum Gasteiger partial charge on any atom is -0.444 e. The van der Waals surface area contributed by atoms with Crippen molar-refractivity contribution in [3.63, 3.8) is 0 Å². The summed E-state index contributed by atoms with van der Waals surface area (Å²) in [6.45, 7) is 2.28. The fourth-order valence-electron chi connectivity index (χ4n) is 2.64. The summed E-state index contributed by atoms with van der Waals surface area (Å²) in [7, 11) is 0. The van der Waals surface area contributed by atoms with Crippen LogP contribution in [0.25, 0.3) is 0 Å². The number of amides is 1. The maximum Gasteiger partial charge on any atom is 0.414 e. The molecule has 96 valence electrons. The van der Waals surface area contributed by atoms with Crippen molar-refractivity contribution in [3.05, 3.63) is 28.2 Å². The Morgan fingerprint density at radius 1 is 1.33 bits per heavy atom. The zero-order valence-corrected chi connectivity index (χ0v) is 11.6. The smallest absolute Gasteiger partial charge is 0.414 e. The molecule has 1 N–H and O–H groups in total. The van der Waals surface area contributed by atoms with Crippen molar-refractivity contribution in [2.75, 3.05) is 18.0 Å². The van der Waals surface area contributed by atoms with Crippen molar-refractivity contribution in [1.82, 2.24) is 5.32 Å². The second-order valence-electron chi connectivity index (χ2n) is 4.65. The highest BCUT2D eigenvalue weighted by Crippen LogP contribution is 2.37. The lowest BCUT2D eigenvalue weighted by Gasteiger charge is -2.37. The van der Waals surface area contributed by atoms with Gasteiger partial charge < -0.3 is 10.1 Å². The van der Waals surface area contributed by atoms with Gasteiger partial charge in [-0.15, -0.1) is 0 Å². The standard InChI is InChI=1S/C13H15BrN2O2/c14-11-3-1-2-9-8-18-13(17)16(12(9)11)10-4-6-15-7-5-10/h1-3,10,15H,4-8H2. The fraction of sp³-hybridized carbons (Fsp3) is 0.462. The van der Waals surface area contributed by atoms with E-state index in [9.17, 15) is 4.79 Å². The molecular formula is C13H15BrN2O2. The molecule has 18 heavy (non-hydrogen) atoms. The third kappa shape index (κ3) is 2.01. The van der Waals surface area contributed by atoms with Crippen LogP contribution in [0.3, 0.4) is 0 Å². The zero-order valence-electron chi connectivity index (χ0n) is 9.99. The van der Waals surface area contributed by atoms with Gasteiger partial charge in [-0.2, -0.15) is 0 Å². The third-order valence-corrected chi connectivity index (χ3v) is 4.17. The molecule has 0 atom stereocenters. The van der Waals surface area contributed by atoms with Gasteiger partial charge in [0, 0.05) is 16.1 Å². The number of piperidine rings is 1. The van der Waals surface area contributed by atoms with Crippen LogP contribution < -0.4 is 10.2 Å². The van der Waals surface area contributed by atoms with Crippen LogP contribution in [0.4, 0.5) is 10.5 Å². The van der Waals surface area contributed by atoms with Crippen LogP contribution in [0, 0.1) is 0 Å². The molecule has 3 rings (SSSR count).